The summed E-state index contributed by atoms with van der Waals surface area (Å²) in [4.78, 5) is 7.96. The lowest BCUT2D eigenvalue weighted by Crippen LogP contribution is -1.92. The summed E-state index contributed by atoms with van der Waals surface area (Å²) in [6.45, 7) is 1.99. The summed E-state index contributed by atoms with van der Waals surface area (Å²) in [5.74, 6) is 1.77. The van der Waals surface area contributed by atoms with E-state index in [0.29, 0.717) is 17.4 Å². The molecule has 0 saturated carbocycles. The van der Waals surface area contributed by atoms with E-state index in [0.717, 1.165) is 5.56 Å². The van der Waals surface area contributed by atoms with Crippen LogP contribution >= 0.6 is 0 Å². The summed E-state index contributed by atoms with van der Waals surface area (Å²) in [6.07, 6.45) is 4.73. The zero-order valence-electron chi connectivity index (χ0n) is 9.18. The Bertz CT molecular complexity index is 472. The molecule has 16 heavy (non-hydrogen) atoms. The first-order valence-electron chi connectivity index (χ1n) is 4.88. The maximum absolute atomic E-state index is 5.56. The van der Waals surface area contributed by atoms with Gasteiger partial charge in [0.15, 0.2) is 11.5 Å². The second-order valence-electron chi connectivity index (χ2n) is 3.30. The summed E-state index contributed by atoms with van der Waals surface area (Å²) >= 11 is 0. The summed E-state index contributed by atoms with van der Waals surface area (Å²) in [5.41, 5.74) is 1.11. The molecule has 0 spiro atoms. The molecule has 0 N–H and O–H groups in total. The Morgan fingerprint density at radius 2 is 2.00 bits per heavy atom. The monoisotopic (exact) mass is 216 g/mol. The normalized spacial score (nSPS) is 9.88. The minimum Gasteiger partial charge on any atom is -0.493 e. The second kappa shape index (κ2) is 4.61. The molecule has 0 bridgehead atoms. The largest absolute Gasteiger partial charge is 0.493 e. The van der Waals surface area contributed by atoms with Crippen molar-refractivity contribution in [2.24, 2.45) is 0 Å². The Kier molecular flexibility index (Phi) is 3.00. The highest BCUT2D eigenvalue weighted by Gasteiger charge is 2.05. The maximum Gasteiger partial charge on any atom is 0.238 e. The number of hydrogen-bond donors (Lipinski definition) is 0. The minimum atomic E-state index is 0.449. The van der Waals surface area contributed by atoms with Gasteiger partial charge in [-0.2, -0.15) is 0 Å². The van der Waals surface area contributed by atoms with Gasteiger partial charge in [0.25, 0.3) is 0 Å². The Balaban J connectivity index is 2.28. The van der Waals surface area contributed by atoms with Crippen molar-refractivity contribution in [3.63, 3.8) is 0 Å². The van der Waals surface area contributed by atoms with Crippen LogP contribution in [-0.2, 0) is 0 Å². The zero-order valence-corrected chi connectivity index (χ0v) is 9.18. The van der Waals surface area contributed by atoms with E-state index in [4.69, 9.17) is 9.47 Å². The number of rotatable bonds is 3. The van der Waals surface area contributed by atoms with Gasteiger partial charge in [-0.15, -0.1) is 0 Å². The van der Waals surface area contributed by atoms with E-state index >= 15 is 0 Å². The van der Waals surface area contributed by atoms with Gasteiger partial charge in [-0.25, -0.2) is 4.98 Å². The minimum absolute atomic E-state index is 0.449. The van der Waals surface area contributed by atoms with Crippen LogP contribution in [0.2, 0.25) is 0 Å². The number of aryl methyl sites for hydroxylation is 1. The van der Waals surface area contributed by atoms with Gasteiger partial charge < -0.3 is 9.47 Å². The van der Waals surface area contributed by atoms with E-state index in [9.17, 15) is 0 Å². The third-order valence-corrected chi connectivity index (χ3v) is 2.07. The van der Waals surface area contributed by atoms with Crippen LogP contribution in [0, 0.1) is 6.92 Å². The molecule has 82 valence electrons. The lowest BCUT2D eigenvalue weighted by Gasteiger charge is -2.09. The third-order valence-electron chi connectivity index (χ3n) is 2.07. The van der Waals surface area contributed by atoms with Crippen LogP contribution in [0.15, 0.2) is 36.8 Å². The van der Waals surface area contributed by atoms with Crippen LogP contribution in [-0.4, -0.2) is 17.1 Å². The summed E-state index contributed by atoms with van der Waals surface area (Å²) in [6, 6.07) is 5.71. The molecule has 0 saturated heterocycles. The zero-order chi connectivity index (χ0) is 11.4. The average Bonchev–Trinajstić information content (AvgIpc) is 2.33. The van der Waals surface area contributed by atoms with Crippen molar-refractivity contribution in [1.82, 2.24) is 9.97 Å². The standard InChI is InChI=1S/C12H12N2O2/c1-9-3-4-10(11(7-9)15-2)16-12-8-13-5-6-14-12/h3-8H,1-2H3. The van der Waals surface area contributed by atoms with E-state index < -0.39 is 0 Å². The fourth-order valence-electron chi connectivity index (χ4n) is 1.31. The lowest BCUT2D eigenvalue weighted by molar-refractivity contribution is 0.373. The highest BCUT2D eigenvalue weighted by molar-refractivity contribution is 5.44. The molecule has 1 heterocycles. The van der Waals surface area contributed by atoms with Crippen molar-refractivity contribution < 1.29 is 9.47 Å². The predicted molar refractivity (Wildman–Crippen MR) is 59.8 cm³/mol. The summed E-state index contributed by atoms with van der Waals surface area (Å²) < 4.78 is 10.8. The van der Waals surface area contributed by atoms with Crippen LogP contribution in [0.5, 0.6) is 17.4 Å². The number of hydrogen-bond acceptors (Lipinski definition) is 4. The predicted octanol–water partition coefficient (Wildman–Crippen LogP) is 2.59. The first kappa shape index (κ1) is 10.4. The first-order chi connectivity index (χ1) is 7.79. The van der Waals surface area contributed by atoms with Gasteiger partial charge in [-0.3, -0.25) is 4.98 Å². The lowest BCUT2D eigenvalue weighted by atomic mass is 10.2. The molecule has 0 fully saturated rings. The van der Waals surface area contributed by atoms with Gasteiger partial charge in [0.2, 0.25) is 5.88 Å². The Hall–Kier alpha value is -2.10. The highest BCUT2D eigenvalue weighted by Crippen LogP contribution is 2.30. The molecular formula is C12H12N2O2. The fraction of sp³-hybridized carbons (Fsp3) is 0.167. The Morgan fingerprint density at radius 1 is 1.12 bits per heavy atom. The molecule has 2 rings (SSSR count). The van der Waals surface area contributed by atoms with E-state index in [1.807, 2.05) is 25.1 Å². The molecule has 0 radical (unpaired) electrons. The van der Waals surface area contributed by atoms with Gasteiger partial charge in [0.05, 0.1) is 13.3 Å². The Morgan fingerprint density at radius 3 is 2.69 bits per heavy atom. The van der Waals surface area contributed by atoms with Crippen molar-refractivity contribution in [3.8, 4) is 17.4 Å². The van der Waals surface area contributed by atoms with E-state index in [1.54, 1.807) is 25.7 Å². The van der Waals surface area contributed by atoms with E-state index in [-0.39, 0.29) is 0 Å². The number of aromatic nitrogens is 2. The highest BCUT2D eigenvalue weighted by atomic mass is 16.5. The quantitative estimate of drug-likeness (QED) is 0.791. The van der Waals surface area contributed by atoms with Gasteiger partial charge in [-0.05, 0) is 24.6 Å². The molecule has 0 amide bonds. The molecule has 0 aliphatic rings. The summed E-state index contributed by atoms with van der Waals surface area (Å²) in [5, 5.41) is 0. The molecule has 2 aromatic rings. The molecule has 0 aliphatic heterocycles. The van der Waals surface area contributed by atoms with Gasteiger partial charge in [0, 0.05) is 12.4 Å². The molecule has 0 aliphatic carbocycles. The van der Waals surface area contributed by atoms with Crippen molar-refractivity contribution in [1.29, 1.82) is 0 Å². The van der Waals surface area contributed by atoms with Crippen molar-refractivity contribution in [3.05, 3.63) is 42.4 Å². The summed E-state index contributed by atoms with van der Waals surface area (Å²) in [7, 11) is 1.61. The topological polar surface area (TPSA) is 44.2 Å². The molecule has 1 aromatic carbocycles. The fourth-order valence-corrected chi connectivity index (χ4v) is 1.31. The Labute approximate surface area is 93.9 Å². The second-order valence-corrected chi connectivity index (χ2v) is 3.30. The number of nitrogens with zero attached hydrogens (tertiary/aromatic N) is 2. The van der Waals surface area contributed by atoms with Crippen LogP contribution in [0.4, 0.5) is 0 Å². The van der Waals surface area contributed by atoms with Crippen molar-refractivity contribution >= 4 is 0 Å². The number of benzene rings is 1. The molecule has 0 unspecified atom stereocenters. The molecular weight excluding hydrogens is 204 g/mol. The van der Waals surface area contributed by atoms with Crippen molar-refractivity contribution in [2.45, 2.75) is 6.92 Å². The first-order valence-corrected chi connectivity index (χ1v) is 4.88. The van der Waals surface area contributed by atoms with E-state index in [2.05, 4.69) is 9.97 Å². The number of methoxy groups -OCH3 is 1. The smallest absolute Gasteiger partial charge is 0.238 e. The van der Waals surface area contributed by atoms with Gasteiger partial charge >= 0.3 is 0 Å². The van der Waals surface area contributed by atoms with Crippen LogP contribution in [0.1, 0.15) is 5.56 Å². The molecule has 4 nitrogen and oxygen atoms in total. The van der Waals surface area contributed by atoms with Crippen LogP contribution in [0.3, 0.4) is 0 Å². The molecule has 1 aromatic heterocycles. The average molecular weight is 216 g/mol. The van der Waals surface area contributed by atoms with Gasteiger partial charge in [-0.1, -0.05) is 6.07 Å². The SMILES string of the molecule is COc1cc(C)ccc1Oc1cnccn1. The van der Waals surface area contributed by atoms with Crippen molar-refractivity contribution in [2.75, 3.05) is 7.11 Å². The molecule has 0 atom stereocenters. The van der Waals surface area contributed by atoms with E-state index in [1.165, 1.54) is 0 Å². The maximum atomic E-state index is 5.56. The van der Waals surface area contributed by atoms with Gasteiger partial charge in [0.1, 0.15) is 0 Å². The molecule has 4 heteroatoms. The van der Waals surface area contributed by atoms with Crippen LogP contribution < -0.4 is 9.47 Å². The number of ether oxygens (including phenoxy) is 2. The third kappa shape index (κ3) is 2.28. The van der Waals surface area contributed by atoms with Crippen LogP contribution in [0.25, 0.3) is 0 Å².